The molecule has 5 heavy (non-hydrogen) atoms. The second-order valence-corrected chi connectivity index (χ2v) is 15.5. The van der Waals surface area contributed by atoms with Crippen molar-refractivity contribution in [2.24, 2.45) is 0 Å². The van der Waals surface area contributed by atoms with Crippen LogP contribution in [0, 0.1) is 0 Å². The summed E-state index contributed by atoms with van der Waals surface area (Å²) in [5.41, 5.74) is 0. The molecule has 0 aliphatic rings. The second kappa shape index (κ2) is 1.56. The monoisotopic (exact) mass is 202 g/mol. The molecule has 0 aromatic carbocycles. The molecule has 0 heterocycles. The Morgan fingerprint density at radius 1 is 1.20 bits per heavy atom. The van der Waals surface area contributed by atoms with Crippen LogP contribution in [0.4, 0.5) is 0 Å². The van der Waals surface area contributed by atoms with E-state index in [1.807, 2.05) is 0 Å². The molecule has 0 saturated heterocycles. The fourth-order valence-electron chi connectivity index (χ4n) is 0. The van der Waals surface area contributed by atoms with Crippen molar-refractivity contribution >= 4 is 26.6 Å². The van der Waals surface area contributed by atoms with E-state index in [4.69, 9.17) is 10.3 Å². The van der Waals surface area contributed by atoms with Gasteiger partial charge in [-0.15, -0.1) is 0 Å². The molecule has 0 aliphatic carbocycles. The Kier molecular flexibility index (Phi) is 1.84. The Labute approximate surface area is 37.3 Å². The van der Waals surface area contributed by atoms with Gasteiger partial charge in [0, 0.05) is 0 Å². The third kappa shape index (κ3) is 51.2. The molecule has 0 rings (SSSR count). The maximum absolute atomic E-state index is 7.90. The quantitative estimate of drug-likeness (QED) is 0.361. The van der Waals surface area contributed by atoms with Gasteiger partial charge in [-0.25, -0.2) is 0 Å². The van der Waals surface area contributed by atoms with Crippen LogP contribution in [0.1, 0.15) is 0 Å². The zero-order valence-corrected chi connectivity index (χ0v) is 7.70. The molecule has 0 saturated carbocycles. The number of rotatable bonds is 0. The SMILES string of the molecule is [OH][Sn]([OH])([OH])[SiH3]. The van der Waals surface area contributed by atoms with Crippen molar-refractivity contribution in [2.45, 2.75) is 0 Å². The van der Waals surface area contributed by atoms with Gasteiger partial charge in [-0.3, -0.25) is 0 Å². The third-order valence-corrected chi connectivity index (χ3v) is 0. The van der Waals surface area contributed by atoms with E-state index in [0.717, 1.165) is 0 Å². The van der Waals surface area contributed by atoms with Gasteiger partial charge in [-0.05, 0) is 0 Å². The van der Waals surface area contributed by atoms with Crippen LogP contribution < -0.4 is 0 Å². The van der Waals surface area contributed by atoms with E-state index < -0.39 is 18.8 Å². The first-order valence-electron chi connectivity index (χ1n) is 1.17. The average molecular weight is 201 g/mol. The summed E-state index contributed by atoms with van der Waals surface area (Å²) in [6.07, 6.45) is 0. The molecule has 0 amide bonds. The van der Waals surface area contributed by atoms with E-state index in [-0.39, 0.29) is 7.75 Å². The van der Waals surface area contributed by atoms with Gasteiger partial charge in [0.1, 0.15) is 0 Å². The Hall–Kier alpha value is 0.896. The van der Waals surface area contributed by atoms with E-state index in [2.05, 4.69) is 0 Å². The molecule has 0 radical (unpaired) electrons. The van der Waals surface area contributed by atoms with Gasteiger partial charge < -0.3 is 0 Å². The summed E-state index contributed by atoms with van der Waals surface area (Å²) >= 11 is -4.04. The first kappa shape index (κ1) is 5.90. The topological polar surface area (TPSA) is 60.7 Å². The summed E-state index contributed by atoms with van der Waals surface area (Å²) in [7, 11) is 0.185. The van der Waals surface area contributed by atoms with Crippen LogP contribution in [0.3, 0.4) is 0 Å². The van der Waals surface area contributed by atoms with Crippen LogP contribution >= 0.6 is 0 Å². The zero-order valence-electron chi connectivity index (χ0n) is 2.84. The minimum atomic E-state index is -4.04. The van der Waals surface area contributed by atoms with Gasteiger partial charge in [0.05, 0.1) is 0 Å². The predicted octanol–water partition coefficient (Wildman–Crippen LogP) is -3.24. The average Bonchev–Trinajstić information content (AvgIpc) is 0.722. The minimum absolute atomic E-state index is 0.185. The molecule has 0 spiro atoms. The Balaban J connectivity index is 3.02. The summed E-state index contributed by atoms with van der Waals surface area (Å²) in [6, 6.07) is 0. The standard InChI is InChI=1S/3H2O.H3Si.Sn/h3*1H2;1H3;/q;;;;+3/p-3. The van der Waals surface area contributed by atoms with Crippen molar-refractivity contribution in [3.8, 4) is 0 Å². The molecule has 0 atom stereocenters. The van der Waals surface area contributed by atoms with Crippen LogP contribution in [0.25, 0.3) is 0 Å². The van der Waals surface area contributed by atoms with Gasteiger partial charge >= 0.3 is 36.9 Å². The summed E-state index contributed by atoms with van der Waals surface area (Å²) in [5, 5.41) is 0. The van der Waals surface area contributed by atoms with Crippen molar-refractivity contribution < 1.29 is 10.3 Å². The summed E-state index contributed by atoms with van der Waals surface area (Å²) < 4.78 is 23.7. The van der Waals surface area contributed by atoms with Gasteiger partial charge in [0.2, 0.25) is 0 Å². The maximum atomic E-state index is 7.90. The van der Waals surface area contributed by atoms with E-state index >= 15 is 0 Å². The zero-order chi connectivity index (χ0) is 4.50. The normalized spacial score (nSPS) is 12.6. The van der Waals surface area contributed by atoms with E-state index in [1.165, 1.54) is 0 Å². The molecule has 0 aromatic rings. The molecule has 0 aliphatic heterocycles. The second-order valence-electron chi connectivity index (χ2n) is 0.971. The fraction of sp³-hybridized carbons (Fsp3) is 0. The van der Waals surface area contributed by atoms with Crippen LogP contribution in [0.2, 0.25) is 0 Å². The fourth-order valence-corrected chi connectivity index (χ4v) is 0. The van der Waals surface area contributed by atoms with Crippen molar-refractivity contribution in [3.05, 3.63) is 0 Å². The summed E-state index contributed by atoms with van der Waals surface area (Å²) in [6.45, 7) is 0. The molecule has 0 fully saturated rings. The van der Waals surface area contributed by atoms with Crippen molar-refractivity contribution in [1.82, 2.24) is 0 Å². The molecule has 0 aromatic heterocycles. The van der Waals surface area contributed by atoms with Crippen LogP contribution in [-0.4, -0.2) is 36.9 Å². The molecular weight excluding hydrogens is 195 g/mol. The van der Waals surface area contributed by atoms with E-state index in [0.29, 0.717) is 0 Å². The molecule has 0 bridgehead atoms. The molecule has 0 unspecified atom stereocenters. The Bertz CT molecular complexity index is 22.4. The van der Waals surface area contributed by atoms with Crippen LogP contribution in [0.15, 0.2) is 0 Å². The third-order valence-electron chi connectivity index (χ3n) is 0. The number of hydrogen-bond donors (Lipinski definition) is 3. The molecule has 32 valence electrons. The molecule has 3 N–H and O–H groups in total. The number of hydrogen-bond acceptors (Lipinski definition) is 3. The van der Waals surface area contributed by atoms with Crippen LogP contribution in [-0.2, 0) is 0 Å². The first-order valence-corrected chi connectivity index (χ1v) is 14.6. The van der Waals surface area contributed by atoms with Crippen molar-refractivity contribution in [2.75, 3.05) is 0 Å². The molecule has 5 heteroatoms. The van der Waals surface area contributed by atoms with Crippen molar-refractivity contribution in [1.29, 1.82) is 0 Å². The van der Waals surface area contributed by atoms with Crippen molar-refractivity contribution in [3.63, 3.8) is 0 Å². The summed E-state index contributed by atoms with van der Waals surface area (Å²) in [5.74, 6) is 0. The molecule has 3 nitrogen and oxygen atoms in total. The van der Waals surface area contributed by atoms with Crippen LogP contribution in [0.5, 0.6) is 0 Å². The molecular formula is H6O3SiSn. The van der Waals surface area contributed by atoms with Gasteiger partial charge in [0.25, 0.3) is 0 Å². The summed E-state index contributed by atoms with van der Waals surface area (Å²) in [4.78, 5) is 0. The van der Waals surface area contributed by atoms with E-state index in [1.54, 1.807) is 0 Å². The first-order chi connectivity index (χ1) is 2.00. The van der Waals surface area contributed by atoms with E-state index in [9.17, 15) is 0 Å². The Morgan fingerprint density at radius 2 is 1.20 bits per heavy atom. The van der Waals surface area contributed by atoms with Gasteiger partial charge in [-0.2, -0.15) is 0 Å². The predicted molar refractivity (Wildman–Crippen MR) is 22.3 cm³/mol. The van der Waals surface area contributed by atoms with Gasteiger partial charge in [-0.1, -0.05) is 0 Å². The Morgan fingerprint density at radius 3 is 1.20 bits per heavy atom. The van der Waals surface area contributed by atoms with Gasteiger partial charge in [0.15, 0.2) is 0 Å².